The molecule has 18 heavy (non-hydrogen) atoms. The van der Waals surface area contributed by atoms with E-state index in [1.165, 1.54) is 0 Å². The van der Waals surface area contributed by atoms with Crippen LogP contribution in [0.3, 0.4) is 0 Å². The summed E-state index contributed by atoms with van der Waals surface area (Å²) in [5.41, 5.74) is 4.10. The van der Waals surface area contributed by atoms with Gasteiger partial charge in [0, 0.05) is 17.2 Å². The summed E-state index contributed by atoms with van der Waals surface area (Å²) in [6, 6.07) is 1.96. The van der Waals surface area contributed by atoms with Crippen molar-refractivity contribution >= 4 is 48.5 Å². The molecule has 0 aliphatic carbocycles. The molecule has 1 heterocycles. The molecule has 96 valence electrons. The van der Waals surface area contributed by atoms with Gasteiger partial charge in [-0.05, 0) is 57.3 Å². The van der Waals surface area contributed by atoms with Crippen LogP contribution in [-0.2, 0) is 0 Å². The van der Waals surface area contributed by atoms with Gasteiger partial charge in [0.15, 0.2) is 0 Å². The smallest absolute Gasteiger partial charge is 0.144 e. The van der Waals surface area contributed by atoms with Gasteiger partial charge in [-0.25, -0.2) is 0 Å². The molecule has 1 N–H and O–H groups in total. The van der Waals surface area contributed by atoms with Crippen molar-refractivity contribution in [2.24, 2.45) is 0 Å². The van der Waals surface area contributed by atoms with Gasteiger partial charge in [0.25, 0.3) is 0 Å². The molecular formula is C13H14Br2N2O. The third-order valence-corrected chi connectivity index (χ3v) is 4.26. The summed E-state index contributed by atoms with van der Waals surface area (Å²) in [6.07, 6.45) is 0. The number of nitrogens with one attached hydrogen (secondary N) is 1. The van der Waals surface area contributed by atoms with Crippen molar-refractivity contribution in [1.82, 2.24) is 4.98 Å². The fourth-order valence-corrected chi connectivity index (χ4v) is 3.48. The number of fused-ring (bicyclic) bond motifs is 1. The fraction of sp³-hybridized carbons (Fsp3) is 0.308. The minimum Gasteiger partial charge on any atom is -0.495 e. The molecule has 0 saturated heterocycles. The number of methoxy groups -OCH3 is 1. The van der Waals surface area contributed by atoms with E-state index in [4.69, 9.17) is 4.74 Å². The van der Waals surface area contributed by atoms with Gasteiger partial charge in [-0.3, -0.25) is 4.98 Å². The van der Waals surface area contributed by atoms with Crippen LogP contribution in [0.4, 0.5) is 5.69 Å². The number of anilines is 1. The molecule has 0 bridgehead atoms. The molecule has 0 saturated carbocycles. The van der Waals surface area contributed by atoms with Crippen LogP contribution >= 0.6 is 31.9 Å². The first-order chi connectivity index (χ1) is 8.51. The van der Waals surface area contributed by atoms with Crippen LogP contribution in [0.5, 0.6) is 5.75 Å². The zero-order valence-corrected chi connectivity index (χ0v) is 13.9. The summed E-state index contributed by atoms with van der Waals surface area (Å²) in [5.74, 6) is 0.799. The third-order valence-electron chi connectivity index (χ3n) is 3.06. The Hall–Kier alpha value is -0.810. The Morgan fingerprint density at radius 2 is 1.89 bits per heavy atom. The lowest BCUT2D eigenvalue weighted by molar-refractivity contribution is 0.417. The van der Waals surface area contributed by atoms with Crippen LogP contribution in [0.1, 0.15) is 11.3 Å². The van der Waals surface area contributed by atoms with Crippen molar-refractivity contribution in [1.29, 1.82) is 0 Å². The standard InChI is InChI=1S/C13H14Br2N2O/c1-6-7(2)17-12-8(14)5-9(15)13(18-4)10(12)11(6)16-3/h5H,1-4H3,(H,16,17). The molecule has 0 unspecified atom stereocenters. The highest BCUT2D eigenvalue weighted by Crippen LogP contribution is 2.42. The van der Waals surface area contributed by atoms with Gasteiger partial charge in [-0.15, -0.1) is 0 Å². The summed E-state index contributed by atoms with van der Waals surface area (Å²) in [4.78, 5) is 4.65. The third kappa shape index (κ3) is 1.99. The number of aromatic nitrogens is 1. The van der Waals surface area contributed by atoms with E-state index in [-0.39, 0.29) is 0 Å². The van der Waals surface area contributed by atoms with Gasteiger partial charge in [0.1, 0.15) is 5.75 Å². The molecule has 2 aromatic rings. The Labute approximate surface area is 123 Å². The fourth-order valence-electron chi connectivity index (χ4n) is 2.06. The summed E-state index contributed by atoms with van der Waals surface area (Å²) in [7, 11) is 3.58. The summed E-state index contributed by atoms with van der Waals surface area (Å²) in [6.45, 7) is 4.07. The highest BCUT2D eigenvalue weighted by atomic mass is 79.9. The first-order valence-electron chi connectivity index (χ1n) is 5.51. The average molecular weight is 374 g/mol. The monoisotopic (exact) mass is 372 g/mol. The number of hydrogen-bond acceptors (Lipinski definition) is 3. The van der Waals surface area contributed by atoms with Crippen LogP contribution in [0.25, 0.3) is 10.9 Å². The first kappa shape index (κ1) is 13.6. The zero-order valence-electron chi connectivity index (χ0n) is 10.7. The van der Waals surface area contributed by atoms with Crippen molar-refractivity contribution in [2.75, 3.05) is 19.5 Å². The van der Waals surface area contributed by atoms with Crippen molar-refractivity contribution in [3.8, 4) is 5.75 Å². The normalized spacial score (nSPS) is 10.8. The van der Waals surface area contributed by atoms with E-state index in [0.29, 0.717) is 0 Å². The van der Waals surface area contributed by atoms with Crippen LogP contribution in [-0.4, -0.2) is 19.1 Å². The van der Waals surface area contributed by atoms with Crippen molar-refractivity contribution < 1.29 is 4.74 Å². The molecule has 0 aliphatic rings. The number of pyridine rings is 1. The predicted molar refractivity (Wildman–Crippen MR) is 82.7 cm³/mol. The van der Waals surface area contributed by atoms with E-state index in [9.17, 15) is 0 Å². The Morgan fingerprint density at radius 1 is 1.22 bits per heavy atom. The second-order valence-electron chi connectivity index (χ2n) is 4.04. The lowest BCUT2D eigenvalue weighted by atomic mass is 10.1. The number of hydrogen-bond donors (Lipinski definition) is 1. The van der Waals surface area contributed by atoms with Gasteiger partial charge >= 0.3 is 0 Å². The minimum atomic E-state index is 0.799. The summed E-state index contributed by atoms with van der Waals surface area (Å²) >= 11 is 7.08. The quantitative estimate of drug-likeness (QED) is 0.845. The maximum Gasteiger partial charge on any atom is 0.144 e. The molecule has 3 nitrogen and oxygen atoms in total. The molecule has 0 radical (unpaired) electrons. The van der Waals surface area contributed by atoms with E-state index in [1.807, 2.05) is 20.0 Å². The maximum atomic E-state index is 5.50. The van der Waals surface area contributed by atoms with Crippen LogP contribution in [0, 0.1) is 13.8 Å². The van der Waals surface area contributed by atoms with Gasteiger partial charge in [-0.1, -0.05) is 0 Å². The van der Waals surface area contributed by atoms with Crippen LogP contribution in [0.2, 0.25) is 0 Å². The van der Waals surface area contributed by atoms with Gasteiger partial charge in [0.2, 0.25) is 0 Å². The molecular weight excluding hydrogens is 360 g/mol. The lowest BCUT2D eigenvalue weighted by Crippen LogP contribution is -2.01. The predicted octanol–water partition coefficient (Wildman–Crippen LogP) is 4.43. The Morgan fingerprint density at radius 3 is 2.44 bits per heavy atom. The van der Waals surface area contributed by atoms with Crippen molar-refractivity contribution in [3.05, 3.63) is 26.3 Å². The minimum absolute atomic E-state index is 0.799. The molecule has 0 spiro atoms. The van der Waals surface area contributed by atoms with Gasteiger partial charge < -0.3 is 10.1 Å². The van der Waals surface area contributed by atoms with Crippen LogP contribution in [0.15, 0.2) is 15.0 Å². The number of halogens is 2. The number of benzene rings is 1. The largest absolute Gasteiger partial charge is 0.495 e. The highest BCUT2D eigenvalue weighted by Gasteiger charge is 2.17. The second kappa shape index (κ2) is 5.05. The first-order valence-corrected chi connectivity index (χ1v) is 7.10. The molecule has 5 heteroatoms. The SMILES string of the molecule is CNc1c(C)c(C)nc2c(Br)cc(Br)c(OC)c12. The summed E-state index contributed by atoms with van der Waals surface area (Å²) in [5, 5.41) is 4.24. The lowest BCUT2D eigenvalue weighted by Gasteiger charge is -2.16. The Bertz CT molecular complexity index is 626. The molecule has 0 atom stereocenters. The zero-order chi connectivity index (χ0) is 13.4. The van der Waals surface area contributed by atoms with E-state index in [1.54, 1.807) is 7.11 Å². The van der Waals surface area contributed by atoms with Gasteiger partial charge in [-0.2, -0.15) is 0 Å². The molecule has 0 amide bonds. The molecule has 2 rings (SSSR count). The molecule has 1 aromatic carbocycles. The molecule has 1 aromatic heterocycles. The van der Waals surface area contributed by atoms with E-state index in [0.717, 1.165) is 42.5 Å². The summed E-state index contributed by atoms with van der Waals surface area (Å²) < 4.78 is 7.36. The van der Waals surface area contributed by atoms with E-state index < -0.39 is 0 Å². The van der Waals surface area contributed by atoms with E-state index >= 15 is 0 Å². The number of ether oxygens (including phenoxy) is 1. The number of nitrogens with zero attached hydrogens (tertiary/aromatic N) is 1. The van der Waals surface area contributed by atoms with Crippen LogP contribution < -0.4 is 10.1 Å². The number of aryl methyl sites for hydroxylation is 1. The average Bonchev–Trinajstić information content (AvgIpc) is 2.33. The molecule has 0 fully saturated rings. The molecule has 0 aliphatic heterocycles. The van der Waals surface area contributed by atoms with E-state index in [2.05, 4.69) is 49.1 Å². The maximum absolute atomic E-state index is 5.50. The number of rotatable bonds is 2. The van der Waals surface area contributed by atoms with Gasteiger partial charge in [0.05, 0.1) is 28.2 Å². The Kier molecular flexibility index (Phi) is 3.82. The Balaban J connectivity index is 3.05. The van der Waals surface area contributed by atoms with Crippen molar-refractivity contribution in [2.45, 2.75) is 13.8 Å². The second-order valence-corrected chi connectivity index (χ2v) is 5.75. The highest BCUT2D eigenvalue weighted by molar-refractivity contribution is 9.11. The topological polar surface area (TPSA) is 34.2 Å². The van der Waals surface area contributed by atoms with Crippen molar-refractivity contribution in [3.63, 3.8) is 0 Å².